The summed E-state index contributed by atoms with van der Waals surface area (Å²) in [5, 5.41) is 3.45. The third kappa shape index (κ3) is 3.85. The summed E-state index contributed by atoms with van der Waals surface area (Å²) in [6.45, 7) is 10.5. The molecule has 0 radical (unpaired) electrons. The number of aromatic nitrogens is 1. The minimum atomic E-state index is 0.467. The highest BCUT2D eigenvalue weighted by Crippen LogP contribution is 2.13. The molecule has 18 heavy (non-hydrogen) atoms. The molecule has 1 aliphatic heterocycles. The summed E-state index contributed by atoms with van der Waals surface area (Å²) in [6.07, 6.45) is 8.57. The summed E-state index contributed by atoms with van der Waals surface area (Å²) in [5.41, 5.74) is 1.40. The van der Waals surface area contributed by atoms with Crippen molar-refractivity contribution in [2.45, 2.75) is 45.7 Å². The van der Waals surface area contributed by atoms with Gasteiger partial charge in [0.15, 0.2) is 0 Å². The predicted molar refractivity (Wildman–Crippen MR) is 76.8 cm³/mol. The topological polar surface area (TPSA) is 20.2 Å². The number of nitrogens with zero attached hydrogens (tertiary/aromatic N) is 2. The standard InChI is InChI=1S/C15H27N3/c1-3-16-14(2)15-7-12-18(13-15)11-6-10-17-8-4-5-9-17/h7,12-14,16H,3-6,8-11H2,1-2H3. The van der Waals surface area contributed by atoms with E-state index in [9.17, 15) is 0 Å². The van der Waals surface area contributed by atoms with Crippen LogP contribution in [0.15, 0.2) is 18.5 Å². The van der Waals surface area contributed by atoms with Gasteiger partial charge < -0.3 is 14.8 Å². The fourth-order valence-electron chi connectivity index (χ4n) is 2.76. The Morgan fingerprint density at radius 1 is 1.28 bits per heavy atom. The normalized spacial score (nSPS) is 18.3. The van der Waals surface area contributed by atoms with Crippen molar-refractivity contribution in [1.82, 2.24) is 14.8 Å². The first-order chi connectivity index (χ1) is 8.79. The first kappa shape index (κ1) is 13.6. The van der Waals surface area contributed by atoms with E-state index in [0.29, 0.717) is 6.04 Å². The largest absolute Gasteiger partial charge is 0.354 e. The maximum atomic E-state index is 3.45. The van der Waals surface area contributed by atoms with E-state index in [4.69, 9.17) is 0 Å². The quantitative estimate of drug-likeness (QED) is 0.801. The number of likely N-dealkylation sites (tertiary alicyclic amines) is 1. The minimum absolute atomic E-state index is 0.467. The van der Waals surface area contributed by atoms with E-state index in [1.54, 1.807) is 0 Å². The molecule has 3 nitrogen and oxygen atoms in total. The molecule has 1 aromatic heterocycles. The summed E-state index contributed by atoms with van der Waals surface area (Å²) in [7, 11) is 0. The molecule has 3 heteroatoms. The zero-order valence-electron chi connectivity index (χ0n) is 11.9. The van der Waals surface area contributed by atoms with Crippen LogP contribution in [0.1, 0.15) is 44.7 Å². The van der Waals surface area contributed by atoms with Gasteiger partial charge in [0.2, 0.25) is 0 Å². The zero-order chi connectivity index (χ0) is 12.8. The first-order valence-corrected chi connectivity index (χ1v) is 7.41. The van der Waals surface area contributed by atoms with E-state index in [1.807, 2.05) is 0 Å². The van der Waals surface area contributed by atoms with Crippen LogP contribution in [0.25, 0.3) is 0 Å². The Morgan fingerprint density at radius 2 is 2.06 bits per heavy atom. The van der Waals surface area contributed by atoms with Gasteiger partial charge in [0.1, 0.15) is 0 Å². The van der Waals surface area contributed by atoms with Crippen LogP contribution in [-0.2, 0) is 6.54 Å². The molecule has 0 saturated carbocycles. The van der Waals surface area contributed by atoms with E-state index >= 15 is 0 Å². The molecule has 0 aliphatic carbocycles. The van der Waals surface area contributed by atoms with Crippen LogP contribution in [-0.4, -0.2) is 35.6 Å². The van der Waals surface area contributed by atoms with E-state index in [2.05, 4.69) is 47.1 Å². The predicted octanol–water partition coefficient (Wildman–Crippen LogP) is 2.64. The summed E-state index contributed by atoms with van der Waals surface area (Å²) in [4.78, 5) is 2.59. The van der Waals surface area contributed by atoms with Gasteiger partial charge in [-0.25, -0.2) is 0 Å². The SMILES string of the molecule is CCNC(C)c1ccn(CCCN2CCCC2)c1. The van der Waals surface area contributed by atoms with Crippen molar-refractivity contribution in [2.24, 2.45) is 0 Å². The smallest absolute Gasteiger partial charge is 0.0306 e. The fraction of sp³-hybridized carbons (Fsp3) is 0.733. The molecule has 1 saturated heterocycles. The summed E-state index contributed by atoms with van der Waals surface area (Å²) < 4.78 is 2.33. The van der Waals surface area contributed by atoms with Crippen LogP contribution in [0.3, 0.4) is 0 Å². The molecule has 1 atom stereocenters. The van der Waals surface area contributed by atoms with Crippen LogP contribution < -0.4 is 5.32 Å². The monoisotopic (exact) mass is 249 g/mol. The Morgan fingerprint density at radius 3 is 2.78 bits per heavy atom. The number of aryl methyl sites for hydroxylation is 1. The zero-order valence-corrected chi connectivity index (χ0v) is 11.9. The minimum Gasteiger partial charge on any atom is -0.354 e. The molecule has 1 fully saturated rings. The Balaban J connectivity index is 1.72. The third-order valence-corrected chi connectivity index (χ3v) is 3.87. The van der Waals surface area contributed by atoms with Crippen molar-refractivity contribution >= 4 is 0 Å². The van der Waals surface area contributed by atoms with Gasteiger partial charge in [-0.2, -0.15) is 0 Å². The second-order valence-electron chi connectivity index (χ2n) is 5.36. The average Bonchev–Trinajstić information content (AvgIpc) is 3.00. The lowest BCUT2D eigenvalue weighted by atomic mass is 10.2. The van der Waals surface area contributed by atoms with Crippen molar-refractivity contribution in [2.75, 3.05) is 26.2 Å². The first-order valence-electron chi connectivity index (χ1n) is 7.41. The van der Waals surface area contributed by atoms with Gasteiger partial charge in [-0.05, 0) is 64.0 Å². The summed E-state index contributed by atoms with van der Waals surface area (Å²) in [6, 6.07) is 2.71. The molecule has 0 bridgehead atoms. The highest BCUT2D eigenvalue weighted by atomic mass is 15.1. The molecular formula is C15H27N3. The second kappa shape index (κ2) is 6.95. The van der Waals surface area contributed by atoms with Crippen molar-refractivity contribution in [1.29, 1.82) is 0 Å². The second-order valence-corrected chi connectivity index (χ2v) is 5.36. The lowest BCUT2D eigenvalue weighted by Crippen LogP contribution is -2.21. The molecule has 2 heterocycles. The lowest BCUT2D eigenvalue weighted by Gasteiger charge is -2.14. The van der Waals surface area contributed by atoms with Crippen LogP contribution in [0, 0.1) is 0 Å². The Bertz CT molecular complexity index is 339. The van der Waals surface area contributed by atoms with Gasteiger partial charge in [-0.1, -0.05) is 6.92 Å². The molecule has 1 N–H and O–H groups in total. The van der Waals surface area contributed by atoms with Crippen molar-refractivity contribution in [3.8, 4) is 0 Å². The fourth-order valence-corrected chi connectivity index (χ4v) is 2.76. The molecule has 0 aromatic carbocycles. The maximum Gasteiger partial charge on any atom is 0.0306 e. The van der Waals surface area contributed by atoms with E-state index in [1.165, 1.54) is 44.5 Å². The number of hydrogen-bond acceptors (Lipinski definition) is 2. The van der Waals surface area contributed by atoms with Gasteiger partial charge >= 0.3 is 0 Å². The average molecular weight is 249 g/mol. The lowest BCUT2D eigenvalue weighted by molar-refractivity contribution is 0.325. The molecule has 102 valence electrons. The molecule has 1 aromatic rings. The number of hydrogen-bond donors (Lipinski definition) is 1. The van der Waals surface area contributed by atoms with Gasteiger partial charge in [0, 0.05) is 25.0 Å². The number of nitrogens with one attached hydrogen (secondary N) is 1. The van der Waals surface area contributed by atoms with E-state index in [-0.39, 0.29) is 0 Å². The molecule has 1 aliphatic rings. The molecular weight excluding hydrogens is 222 g/mol. The highest BCUT2D eigenvalue weighted by Gasteiger charge is 2.10. The highest BCUT2D eigenvalue weighted by molar-refractivity contribution is 5.14. The van der Waals surface area contributed by atoms with Gasteiger partial charge in [0.25, 0.3) is 0 Å². The van der Waals surface area contributed by atoms with Crippen LogP contribution >= 0.6 is 0 Å². The molecule has 2 rings (SSSR count). The Labute approximate surface area is 111 Å². The van der Waals surface area contributed by atoms with Gasteiger partial charge in [0.05, 0.1) is 0 Å². The van der Waals surface area contributed by atoms with E-state index in [0.717, 1.165) is 13.1 Å². The van der Waals surface area contributed by atoms with Gasteiger partial charge in [-0.3, -0.25) is 0 Å². The molecule has 1 unspecified atom stereocenters. The van der Waals surface area contributed by atoms with Crippen molar-refractivity contribution in [3.63, 3.8) is 0 Å². The molecule has 0 spiro atoms. The van der Waals surface area contributed by atoms with Crippen molar-refractivity contribution < 1.29 is 0 Å². The van der Waals surface area contributed by atoms with Crippen LogP contribution in [0.2, 0.25) is 0 Å². The summed E-state index contributed by atoms with van der Waals surface area (Å²) in [5.74, 6) is 0. The molecule has 0 amide bonds. The Kier molecular flexibility index (Phi) is 5.26. The van der Waals surface area contributed by atoms with Gasteiger partial charge in [-0.15, -0.1) is 0 Å². The van der Waals surface area contributed by atoms with E-state index < -0.39 is 0 Å². The van der Waals surface area contributed by atoms with Crippen LogP contribution in [0.5, 0.6) is 0 Å². The Hall–Kier alpha value is -0.800. The maximum absolute atomic E-state index is 3.45. The third-order valence-electron chi connectivity index (χ3n) is 3.87. The summed E-state index contributed by atoms with van der Waals surface area (Å²) >= 11 is 0. The van der Waals surface area contributed by atoms with Crippen molar-refractivity contribution in [3.05, 3.63) is 24.0 Å². The van der Waals surface area contributed by atoms with Crippen LogP contribution in [0.4, 0.5) is 0 Å². The number of rotatable bonds is 7.